The lowest BCUT2D eigenvalue weighted by molar-refractivity contribution is -0.134. The molecule has 8 nitrogen and oxygen atoms in total. The molecule has 3 aromatic carbocycles. The number of carbonyl (C=O) groups is 3. The van der Waals surface area contributed by atoms with E-state index in [4.69, 9.17) is 16.3 Å². The molecule has 3 heterocycles. The molecule has 44 heavy (non-hydrogen) atoms. The number of halogens is 2. The number of amides is 3. The zero-order chi connectivity index (χ0) is 31.1. The first-order chi connectivity index (χ1) is 21.1. The van der Waals surface area contributed by atoms with E-state index < -0.39 is 11.7 Å². The number of imide groups is 1. The van der Waals surface area contributed by atoms with Gasteiger partial charge in [-0.15, -0.1) is 0 Å². The summed E-state index contributed by atoms with van der Waals surface area (Å²) in [6.07, 6.45) is 2.65. The summed E-state index contributed by atoms with van der Waals surface area (Å²) in [5.41, 5.74) is 5.14. The standard InChI is InChI=1S/C34H34ClFN4O4/c1-39(2)34(43)29-18-26-22(8-10-28(36)32(26)37-29)24-7-5-21(17-30(24)44-3)40-14-12-19(13-15-40)20-4-6-23(27(35)16-20)25-9-11-31(41)38-33(25)42/h4-8,10,16-19,25,37H,9,11-15H2,1-3H3,(H,38,41,42). The van der Waals surface area contributed by atoms with Gasteiger partial charge < -0.3 is 19.5 Å². The van der Waals surface area contributed by atoms with Crippen LogP contribution in [0.25, 0.3) is 22.0 Å². The van der Waals surface area contributed by atoms with Gasteiger partial charge in [-0.3, -0.25) is 19.7 Å². The Hall–Kier alpha value is -4.37. The minimum absolute atomic E-state index is 0.232. The molecule has 2 aliphatic heterocycles. The summed E-state index contributed by atoms with van der Waals surface area (Å²) in [6, 6.07) is 16.8. The molecule has 6 rings (SSSR count). The lowest BCUT2D eigenvalue weighted by Crippen LogP contribution is -2.39. The Morgan fingerprint density at radius 3 is 2.43 bits per heavy atom. The average molecular weight is 617 g/mol. The number of fused-ring (bicyclic) bond motifs is 1. The van der Waals surface area contributed by atoms with Gasteiger partial charge in [-0.25, -0.2) is 4.39 Å². The Balaban J connectivity index is 1.19. The molecule has 2 fully saturated rings. The van der Waals surface area contributed by atoms with Crippen LogP contribution in [0.2, 0.25) is 5.02 Å². The van der Waals surface area contributed by atoms with Gasteiger partial charge in [-0.05, 0) is 72.2 Å². The Morgan fingerprint density at radius 2 is 1.75 bits per heavy atom. The third-order valence-electron chi connectivity index (χ3n) is 8.83. The van der Waals surface area contributed by atoms with Crippen LogP contribution in [0, 0.1) is 5.82 Å². The van der Waals surface area contributed by atoms with Crippen LogP contribution >= 0.6 is 11.6 Å². The third kappa shape index (κ3) is 5.52. The van der Waals surface area contributed by atoms with Crippen LogP contribution in [0.4, 0.5) is 10.1 Å². The highest BCUT2D eigenvalue weighted by molar-refractivity contribution is 6.31. The minimum Gasteiger partial charge on any atom is -0.496 e. The van der Waals surface area contributed by atoms with Crippen molar-refractivity contribution in [3.05, 3.63) is 82.3 Å². The van der Waals surface area contributed by atoms with Crippen LogP contribution in [0.5, 0.6) is 5.75 Å². The number of aromatic nitrogens is 1. The number of benzene rings is 3. The number of nitrogens with one attached hydrogen (secondary N) is 2. The Morgan fingerprint density at radius 1 is 1.00 bits per heavy atom. The fourth-order valence-electron chi connectivity index (χ4n) is 6.42. The maximum atomic E-state index is 14.7. The van der Waals surface area contributed by atoms with E-state index in [-0.39, 0.29) is 23.2 Å². The predicted molar refractivity (Wildman–Crippen MR) is 169 cm³/mol. The summed E-state index contributed by atoms with van der Waals surface area (Å²) in [4.78, 5) is 43.2. The number of H-pyrrole nitrogens is 1. The number of carbonyl (C=O) groups excluding carboxylic acids is 3. The van der Waals surface area contributed by atoms with Crippen LogP contribution in [-0.4, -0.2) is 61.9 Å². The van der Waals surface area contributed by atoms with Gasteiger partial charge in [-0.1, -0.05) is 29.8 Å². The number of piperidine rings is 2. The number of rotatable bonds is 6. The summed E-state index contributed by atoms with van der Waals surface area (Å²) in [5.74, 6) is -0.586. The predicted octanol–water partition coefficient (Wildman–Crippen LogP) is 6.24. The quantitative estimate of drug-likeness (QED) is 0.250. The first-order valence-corrected chi connectivity index (χ1v) is 15.1. The van der Waals surface area contributed by atoms with Crippen LogP contribution in [-0.2, 0) is 9.59 Å². The number of nitrogens with zero attached hydrogens (tertiary/aromatic N) is 2. The van der Waals surface area contributed by atoms with Crippen molar-refractivity contribution < 1.29 is 23.5 Å². The first-order valence-electron chi connectivity index (χ1n) is 14.7. The molecule has 2 aliphatic rings. The molecular formula is C34H34ClFN4O4. The molecule has 0 bridgehead atoms. The fourth-order valence-corrected chi connectivity index (χ4v) is 6.74. The van der Waals surface area contributed by atoms with E-state index in [0.29, 0.717) is 40.6 Å². The molecule has 0 spiro atoms. The van der Waals surface area contributed by atoms with E-state index in [2.05, 4.69) is 27.3 Å². The summed E-state index contributed by atoms with van der Waals surface area (Å²) in [7, 11) is 4.94. The molecule has 10 heteroatoms. The smallest absolute Gasteiger partial charge is 0.269 e. The van der Waals surface area contributed by atoms with Gasteiger partial charge in [0.2, 0.25) is 11.8 Å². The number of hydrogen-bond donors (Lipinski definition) is 2. The highest BCUT2D eigenvalue weighted by atomic mass is 35.5. The largest absolute Gasteiger partial charge is 0.496 e. The van der Waals surface area contributed by atoms with E-state index in [1.807, 2.05) is 24.3 Å². The molecule has 0 aliphatic carbocycles. The van der Waals surface area contributed by atoms with Gasteiger partial charge in [0.25, 0.3) is 5.91 Å². The van der Waals surface area contributed by atoms with Crippen molar-refractivity contribution in [2.45, 2.75) is 37.5 Å². The number of hydrogen-bond acceptors (Lipinski definition) is 5. The van der Waals surface area contributed by atoms with E-state index in [0.717, 1.165) is 53.9 Å². The lowest BCUT2D eigenvalue weighted by atomic mass is 9.85. The van der Waals surface area contributed by atoms with Gasteiger partial charge in [0.05, 0.1) is 18.5 Å². The molecule has 1 aromatic heterocycles. The van der Waals surface area contributed by atoms with Crippen molar-refractivity contribution in [3.8, 4) is 16.9 Å². The number of ether oxygens (including phenoxy) is 1. The van der Waals surface area contributed by atoms with Crippen LogP contribution < -0.4 is 15.0 Å². The number of methoxy groups -OCH3 is 1. The average Bonchev–Trinajstić information content (AvgIpc) is 3.47. The highest BCUT2D eigenvalue weighted by Gasteiger charge is 2.30. The maximum absolute atomic E-state index is 14.7. The highest BCUT2D eigenvalue weighted by Crippen LogP contribution is 2.40. The molecule has 0 saturated carbocycles. The summed E-state index contributed by atoms with van der Waals surface area (Å²) in [6.45, 7) is 1.68. The van der Waals surface area contributed by atoms with Crippen molar-refractivity contribution >= 4 is 45.9 Å². The van der Waals surface area contributed by atoms with Crippen LogP contribution in [0.3, 0.4) is 0 Å². The molecule has 3 amide bonds. The Labute approximate surface area is 260 Å². The Kier molecular flexibility index (Phi) is 8.07. The molecule has 4 aromatic rings. The molecule has 2 saturated heterocycles. The minimum atomic E-state index is -0.424. The number of aromatic amines is 1. The van der Waals surface area contributed by atoms with Crippen molar-refractivity contribution in [2.75, 3.05) is 39.2 Å². The maximum Gasteiger partial charge on any atom is 0.269 e. The van der Waals surface area contributed by atoms with Gasteiger partial charge in [-0.2, -0.15) is 0 Å². The Bertz CT molecular complexity index is 1780. The first kappa shape index (κ1) is 29.7. The molecular weight excluding hydrogens is 583 g/mol. The molecule has 1 atom stereocenters. The van der Waals surface area contributed by atoms with Gasteiger partial charge >= 0.3 is 0 Å². The summed E-state index contributed by atoms with van der Waals surface area (Å²) in [5, 5.41) is 3.59. The van der Waals surface area contributed by atoms with Gasteiger partial charge in [0.1, 0.15) is 17.3 Å². The van der Waals surface area contributed by atoms with Gasteiger partial charge in [0, 0.05) is 61.3 Å². The van der Waals surface area contributed by atoms with Crippen molar-refractivity contribution in [1.29, 1.82) is 0 Å². The topological polar surface area (TPSA) is 94.7 Å². The third-order valence-corrected chi connectivity index (χ3v) is 9.15. The zero-order valence-electron chi connectivity index (χ0n) is 24.9. The molecule has 2 N–H and O–H groups in total. The van der Waals surface area contributed by atoms with Crippen molar-refractivity contribution in [1.82, 2.24) is 15.2 Å². The fraction of sp³-hybridized carbons (Fsp3) is 0.324. The number of anilines is 1. The van der Waals surface area contributed by atoms with Crippen molar-refractivity contribution in [2.24, 2.45) is 0 Å². The molecule has 1 unspecified atom stereocenters. The normalized spacial score (nSPS) is 17.6. The molecule has 228 valence electrons. The summed E-state index contributed by atoms with van der Waals surface area (Å²) < 4.78 is 20.5. The second-order valence-electron chi connectivity index (χ2n) is 11.7. The lowest BCUT2D eigenvalue weighted by Gasteiger charge is -2.34. The monoisotopic (exact) mass is 616 g/mol. The van der Waals surface area contributed by atoms with Gasteiger partial charge in [0.15, 0.2) is 0 Å². The van der Waals surface area contributed by atoms with E-state index >= 15 is 0 Å². The van der Waals surface area contributed by atoms with Crippen LogP contribution in [0.1, 0.15) is 59.1 Å². The van der Waals surface area contributed by atoms with E-state index in [1.54, 1.807) is 33.3 Å². The van der Waals surface area contributed by atoms with E-state index in [9.17, 15) is 18.8 Å². The van der Waals surface area contributed by atoms with Crippen LogP contribution in [0.15, 0.2) is 54.6 Å². The second kappa shape index (κ2) is 12.0. The van der Waals surface area contributed by atoms with E-state index in [1.165, 1.54) is 11.0 Å². The van der Waals surface area contributed by atoms with Crippen molar-refractivity contribution in [3.63, 3.8) is 0 Å². The second-order valence-corrected chi connectivity index (χ2v) is 12.1. The SMILES string of the molecule is COc1cc(N2CCC(c3ccc(C4CCC(=O)NC4=O)c(Cl)c3)CC2)ccc1-c1ccc(F)c2[nH]c(C(=O)N(C)C)cc12. The summed E-state index contributed by atoms with van der Waals surface area (Å²) >= 11 is 6.65. The molecule has 0 radical (unpaired) electrons. The zero-order valence-corrected chi connectivity index (χ0v) is 25.6.